The summed E-state index contributed by atoms with van der Waals surface area (Å²) in [5.74, 6) is 0. The maximum absolute atomic E-state index is 11.9. The normalized spacial score (nSPS) is 14.1. The molecule has 0 heterocycles. The van der Waals surface area contributed by atoms with Gasteiger partial charge in [-0.05, 0) is 12.8 Å². The average molecular weight is 576 g/mol. The molecule has 6 heteroatoms. The van der Waals surface area contributed by atoms with Gasteiger partial charge < -0.3 is 18.8 Å². The Hall–Kier alpha value is 0.0700. The van der Waals surface area contributed by atoms with E-state index >= 15 is 0 Å². The zero-order valence-electron chi connectivity index (χ0n) is 27.2. The van der Waals surface area contributed by atoms with Crippen LogP contribution in [0.1, 0.15) is 181 Å². The van der Waals surface area contributed by atoms with Gasteiger partial charge in [-0.15, -0.1) is 0 Å². The second-order valence-corrected chi connectivity index (χ2v) is 14.6. The van der Waals surface area contributed by atoms with Gasteiger partial charge in [-0.3, -0.25) is 4.57 Å². The number of unbranched alkanes of at least 4 members (excludes halogenated alkanes) is 22. The van der Waals surface area contributed by atoms with Crippen molar-refractivity contribution in [1.82, 2.24) is 0 Å². The minimum absolute atomic E-state index is 0.593. The summed E-state index contributed by atoms with van der Waals surface area (Å²) in [5, 5.41) is 0. The molecule has 0 saturated heterocycles. The lowest BCUT2D eigenvalue weighted by atomic mass is 9.88. The molecule has 39 heavy (non-hydrogen) atoms. The maximum Gasteiger partial charge on any atom is 0.265 e. The van der Waals surface area contributed by atoms with E-state index in [4.69, 9.17) is 4.52 Å². The molecule has 0 aromatic carbocycles. The number of likely N-dealkylation sites (N-methyl/N-ethyl adjacent to an activating group) is 1. The first-order chi connectivity index (χ1) is 18.5. The van der Waals surface area contributed by atoms with E-state index in [1.54, 1.807) is 0 Å². The van der Waals surface area contributed by atoms with Gasteiger partial charge in [-0.2, -0.15) is 0 Å². The fourth-order valence-electron chi connectivity index (χ4n) is 6.09. The minimum Gasteiger partial charge on any atom is -0.756 e. The Morgan fingerprint density at radius 1 is 0.564 bits per heavy atom. The molecule has 0 amide bonds. The summed E-state index contributed by atoms with van der Waals surface area (Å²) in [6.45, 7) is 5.12. The third kappa shape index (κ3) is 28.0. The molecule has 5 nitrogen and oxygen atoms in total. The topological polar surface area (TPSA) is 69.6 Å². The predicted molar refractivity (Wildman–Crippen MR) is 168 cm³/mol. The summed E-state index contributed by atoms with van der Waals surface area (Å²) < 4.78 is 18.1. The number of phosphoric acid groups is 1. The standard InChI is InChI=1S/C33H70NO4P/c1-6-8-10-12-14-16-18-20-22-24-26-28-30-33(32-34(3,4)5,38-39(35,36)37)31-29-27-25-23-21-19-17-15-13-11-9-7-2/h6-32H2,1-5H3,(H-,35,36,37). The molecule has 0 aliphatic rings. The van der Waals surface area contributed by atoms with Crippen molar-refractivity contribution in [3.05, 3.63) is 0 Å². The molecule has 236 valence electrons. The van der Waals surface area contributed by atoms with Gasteiger partial charge in [0.05, 0.1) is 21.1 Å². The van der Waals surface area contributed by atoms with Crippen LogP contribution in [0.15, 0.2) is 0 Å². The summed E-state index contributed by atoms with van der Waals surface area (Å²) in [5.41, 5.74) is -0.804. The Bertz CT molecular complexity index is 545. The second kappa shape index (κ2) is 24.6. The van der Waals surface area contributed by atoms with Gasteiger partial charge in [0.15, 0.2) is 0 Å². The van der Waals surface area contributed by atoms with Crippen LogP contribution in [0.4, 0.5) is 0 Å². The van der Waals surface area contributed by atoms with Crippen molar-refractivity contribution >= 4 is 7.82 Å². The highest BCUT2D eigenvalue weighted by Crippen LogP contribution is 2.43. The molecule has 0 aromatic heterocycles. The van der Waals surface area contributed by atoms with Crippen LogP contribution >= 0.6 is 7.82 Å². The number of nitrogens with zero attached hydrogens (tertiary/aromatic N) is 1. The monoisotopic (exact) mass is 576 g/mol. The lowest BCUT2D eigenvalue weighted by Gasteiger charge is -2.41. The van der Waals surface area contributed by atoms with Crippen LogP contribution in [0.2, 0.25) is 0 Å². The Balaban J connectivity index is 4.41. The third-order valence-corrected chi connectivity index (χ3v) is 8.66. The predicted octanol–water partition coefficient (Wildman–Crippen LogP) is 10.1. The Morgan fingerprint density at radius 3 is 1.05 bits per heavy atom. The van der Waals surface area contributed by atoms with Crippen LogP contribution in [0.3, 0.4) is 0 Å². The molecule has 0 radical (unpaired) electrons. The largest absolute Gasteiger partial charge is 0.756 e. The zero-order valence-corrected chi connectivity index (χ0v) is 28.1. The van der Waals surface area contributed by atoms with Crippen LogP contribution in [0.25, 0.3) is 0 Å². The molecule has 0 spiro atoms. The van der Waals surface area contributed by atoms with Crippen LogP contribution in [-0.2, 0) is 9.09 Å². The van der Waals surface area contributed by atoms with Crippen LogP contribution in [0.5, 0.6) is 0 Å². The first-order valence-corrected chi connectivity index (χ1v) is 18.6. The quantitative estimate of drug-likeness (QED) is 0.0525. The van der Waals surface area contributed by atoms with E-state index in [0.29, 0.717) is 23.9 Å². The highest BCUT2D eigenvalue weighted by Gasteiger charge is 2.39. The Morgan fingerprint density at radius 2 is 0.821 bits per heavy atom. The molecule has 0 aromatic rings. The van der Waals surface area contributed by atoms with Gasteiger partial charge in [-0.25, -0.2) is 0 Å². The molecule has 0 aliphatic heterocycles. The second-order valence-electron chi connectivity index (χ2n) is 13.5. The van der Waals surface area contributed by atoms with E-state index in [1.807, 2.05) is 0 Å². The SMILES string of the molecule is CCCCCCCCCCCCCCC(CCCCCCCCCCCCCC)(C[N+](C)(C)C)OP(=O)([O-])O. The van der Waals surface area contributed by atoms with Crippen molar-refractivity contribution in [3.8, 4) is 0 Å². The van der Waals surface area contributed by atoms with Gasteiger partial charge in [0, 0.05) is 0 Å². The highest BCUT2D eigenvalue weighted by molar-refractivity contribution is 7.44. The number of hydrogen-bond donors (Lipinski definition) is 1. The molecule has 0 aliphatic carbocycles. The van der Waals surface area contributed by atoms with Crippen molar-refractivity contribution in [2.75, 3.05) is 27.7 Å². The minimum atomic E-state index is -4.80. The molecule has 0 saturated carbocycles. The molecule has 1 atom stereocenters. The lowest BCUT2D eigenvalue weighted by molar-refractivity contribution is -0.876. The molecule has 0 fully saturated rings. The van der Waals surface area contributed by atoms with Crippen molar-refractivity contribution in [2.24, 2.45) is 0 Å². The van der Waals surface area contributed by atoms with Crippen LogP contribution in [-0.4, -0.2) is 42.7 Å². The molecule has 0 rings (SSSR count). The van der Waals surface area contributed by atoms with Crippen LogP contribution < -0.4 is 4.89 Å². The van der Waals surface area contributed by atoms with Crippen LogP contribution in [0, 0.1) is 0 Å². The summed E-state index contributed by atoms with van der Waals surface area (Å²) in [6.07, 6.45) is 32.1. The summed E-state index contributed by atoms with van der Waals surface area (Å²) in [7, 11) is 1.43. The van der Waals surface area contributed by atoms with Crippen molar-refractivity contribution in [1.29, 1.82) is 0 Å². The number of quaternary nitrogens is 1. The zero-order chi connectivity index (χ0) is 29.3. The smallest absolute Gasteiger partial charge is 0.265 e. The van der Waals surface area contributed by atoms with E-state index in [9.17, 15) is 14.4 Å². The molecule has 0 bridgehead atoms. The van der Waals surface area contributed by atoms with E-state index in [-0.39, 0.29) is 0 Å². The Kier molecular flexibility index (Phi) is 24.7. The van der Waals surface area contributed by atoms with E-state index < -0.39 is 13.4 Å². The fraction of sp³-hybridized carbons (Fsp3) is 1.00. The van der Waals surface area contributed by atoms with Crippen molar-refractivity contribution < 1.29 is 23.4 Å². The number of hydrogen-bond acceptors (Lipinski definition) is 3. The molecular formula is C33H70NO4P. The molecular weight excluding hydrogens is 505 g/mol. The van der Waals surface area contributed by atoms with Crippen molar-refractivity contribution in [2.45, 2.75) is 186 Å². The number of phosphoric ester groups is 1. The number of rotatable bonds is 30. The molecule has 1 N–H and O–H groups in total. The van der Waals surface area contributed by atoms with Gasteiger partial charge in [0.25, 0.3) is 7.82 Å². The van der Waals surface area contributed by atoms with Gasteiger partial charge >= 0.3 is 0 Å². The molecule has 1 unspecified atom stereocenters. The van der Waals surface area contributed by atoms with Gasteiger partial charge in [0.2, 0.25) is 0 Å². The maximum atomic E-state index is 11.9. The lowest BCUT2D eigenvalue weighted by Crippen LogP contribution is -2.51. The van der Waals surface area contributed by atoms with E-state index in [0.717, 1.165) is 25.7 Å². The third-order valence-electron chi connectivity index (χ3n) is 8.04. The fourth-order valence-corrected chi connectivity index (χ4v) is 6.82. The van der Waals surface area contributed by atoms with E-state index in [2.05, 4.69) is 35.0 Å². The first-order valence-electron chi connectivity index (χ1n) is 17.1. The average Bonchev–Trinajstić information content (AvgIpc) is 2.83. The van der Waals surface area contributed by atoms with Gasteiger partial charge in [0.1, 0.15) is 12.1 Å². The first kappa shape index (κ1) is 39.1. The van der Waals surface area contributed by atoms with Crippen molar-refractivity contribution in [3.63, 3.8) is 0 Å². The summed E-state index contributed by atoms with van der Waals surface area (Å²) in [4.78, 5) is 21.6. The van der Waals surface area contributed by atoms with E-state index in [1.165, 1.54) is 128 Å². The highest BCUT2D eigenvalue weighted by atomic mass is 31.2. The van der Waals surface area contributed by atoms with Gasteiger partial charge in [-0.1, -0.05) is 168 Å². The Labute approximate surface area is 245 Å². The summed E-state index contributed by atoms with van der Waals surface area (Å²) in [6, 6.07) is 0. The summed E-state index contributed by atoms with van der Waals surface area (Å²) >= 11 is 0.